The van der Waals surface area contributed by atoms with Gasteiger partial charge in [-0.15, -0.1) is 5.10 Å². The molecule has 2 atom stereocenters. The molecule has 1 aliphatic heterocycles. The number of carbonyl (C=O) groups excluding carboxylic acids is 1. The molecule has 0 saturated carbocycles. The van der Waals surface area contributed by atoms with Crippen molar-refractivity contribution in [3.8, 4) is 0 Å². The summed E-state index contributed by atoms with van der Waals surface area (Å²) < 4.78 is 7.41. The van der Waals surface area contributed by atoms with Gasteiger partial charge in [0.1, 0.15) is 5.69 Å². The second-order valence-electron chi connectivity index (χ2n) is 6.16. The fourth-order valence-corrected chi connectivity index (χ4v) is 2.86. The van der Waals surface area contributed by atoms with E-state index in [1.54, 1.807) is 16.8 Å². The lowest BCUT2D eigenvalue weighted by Gasteiger charge is -2.34. The number of morpholine rings is 1. The third kappa shape index (κ3) is 4.29. The maximum absolute atomic E-state index is 12.3. The largest absolute Gasteiger partial charge is 0.372 e. The second-order valence-corrected chi connectivity index (χ2v) is 6.16. The monoisotopic (exact) mass is 326 g/mol. The number of hydrogen-bond donors (Lipinski definition) is 0. The predicted molar refractivity (Wildman–Crippen MR) is 91.2 cm³/mol. The predicted octanol–water partition coefficient (Wildman–Crippen LogP) is 1.98. The highest BCUT2D eigenvalue weighted by molar-refractivity contribution is 5.91. The molecule has 1 aromatic carbocycles. The molecule has 1 amide bonds. The molecular formula is C18H22N4O2. The molecule has 2 aromatic rings. The summed E-state index contributed by atoms with van der Waals surface area (Å²) in [5.41, 5.74) is 1.83. The topological polar surface area (TPSA) is 60.2 Å². The first-order valence-corrected chi connectivity index (χ1v) is 8.16. The molecule has 126 valence electrons. The van der Waals surface area contributed by atoms with Gasteiger partial charge in [-0.25, -0.2) is 4.68 Å². The van der Waals surface area contributed by atoms with Crippen LogP contribution in [0.4, 0.5) is 0 Å². The van der Waals surface area contributed by atoms with E-state index < -0.39 is 0 Å². The standard InChI is InChI=1S/C18H22N4O2/c1-14-10-21(11-15(2)24-14)18(23)9-8-17-13-22(20-19-17)12-16-6-4-3-5-7-16/h3-9,13-15H,10-12H2,1-2H3/b9-8+/t14-,15-/m1/s1. The number of ether oxygens (including phenoxy) is 1. The SMILES string of the molecule is C[C@@H]1CN(C(=O)/C=C/c2cn(Cc3ccccc3)nn2)C[C@@H](C)O1. The molecule has 1 fully saturated rings. The van der Waals surface area contributed by atoms with Crippen LogP contribution in [0.3, 0.4) is 0 Å². The lowest BCUT2D eigenvalue weighted by Crippen LogP contribution is -2.47. The van der Waals surface area contributed by atoms with Gasteiger partial charge in [0.25, 0.3) is 0 Å². The van der Waals surface area contributed by atoms with E-state index in [1.807, 2.05) is 55.3 Å². The maximum atomic E-state index is 12.3. The summed E-state index contributed by atoms with van der Waals surface area (Å²) in [6.45, 7) is 5.86. The number of aromatic nitrogens is 3. The van der Waals surface area contributed by atoms with Crippen LogP contribution in [0.2, 0.25) is 0 Å². The maximum Gasteiger partial charge on any atom is 0.246 e. The fraction of sp³-hybridized carbons (Fsp3) is 0.389. The normalized spacial score (nSPS) is 21.3. The Morgan fingerprint density at radius 1 is 1.25 bits per heavy atom. The molecule has 2 heterocycles. The van der Waals surface area contributed by atoms with E-state index in [1.165, 1.54) is 0 Å². The van der Waals surface area contributed by atoms with Crippen LogP contribution in [0, 0.1) is 0 Å². The van der Waals surface area contributed by atoms with Crippen LogP contribution in [0.5, 0.6) is 0 Å². The van der Waals surface area contributed by atoms with Crippen molar-refractivity contribution in [2.75, 3.05) is 13.1 Å². The average molecular weight is 326 g/mol. The van der Waals surface area contributed by atoms with Crippen molar-refractivity contribution in [2.24, 2.45) is 0 Å². The van der Waals surface area contributed by atoms with Gasteiger partial charge in [0.2, 0.25) is 5.91 Å². The van der Waals surface area contributed by atoms with Crippen LogP contribution in [-0.4, -0.2) is 51.1 Å². The minimum absolute atomic E-state index is 0.0189. The Hall–Kier alpha value is -2.47. The number of carbonyl (C=O) groups is 1. The van der Waals surface area contributed by atoms with Gasteiger partial charge < -0.3 is 9.64 Å². The van der Waals surface area contributed by atoms with E-state index in [9.17, 15) is 4.79 Å². The third-order valence-corrected chi connectivity index (χ3v) is 3.87. The van der Waals surface area contributed by atoms with Gasteiger partial charge in [-0.1, -0.05) is 35.5 Å². The molecule has 0 radical (unpaired) electrons. The first kappa shape index (κ1) is 16.4. The molecule has 0 aliphatic carbocycles. The number of rotatable bonds is 4. The van der Waals surface area contributed by atoms with E-state index in [-0.39, 0.29) is 18.1 Å². The summed E-state index contributed by atoms with van der Waals surface area (Å²) in [6.07, 6.45) is 5.24. The van der Waals surface area contributed by atoms with Crippen LogP contribution >= 0.6 is 0 Å². The van der Waals surface area contributed by atoms with Crippen LogP contribution in [0.1, 0.15) is 25.1 Å². The molecule has 0 N–H and O–H groups in total. The Morgan fingerprint density at radius 3 is 2.67 bits per heavy atom. The van der Waals surface area contributed by atoms with E-state index in [0.29, 0.717) is 25.3 Å². The van der Waals surface area contributed by atoms with Crippen molar-refractivity contribution in [1.29, 1.82) is 0 Å². The summed E-state index contributed by atoms with van der Waals surface area (Å²) in [4.78, 5) is 14.1. The molecule has 0 unspecified atom stereocenters. The molecule has 3 rings (SSSR count). The number of nitrogens with zero attached hydrogens (tertiary/aromatic N) is 4. The molecular weight excluding hydrogens is 304 g/mol. The highest BCUT2D eigenvalue weighted by Gasteiger charge is 2.24. The third-order valence-electron chi connectivity index (χ3n) is 3.87. The Morgan fingerprint density at radius 2 is 1.96 bits per heavy atom. The molecule has 0 spiro atoms. The van der Waals surface area contributed by atoms with Gasteiger partial charge in [-0.3, -0.25) is 4.79 Å². The van der Waals surface area contributed by atoms with Crippen LogP contribution in [0.25, 0.3) is 6.08 Å². The molecule has 1 aliphatic rings. The van der Waals surface area contributed by atoms with Gasteiger partial charge in [0, 0.05) is 19.2 Å². The smallest absolute Gasteiger partial charge is 0.246 e. The molecule has 6 nitrogen and oxygen atoms in total. The van der Waals surface area contributed by atoms with Crippen molar-refractivity contribution in [1.82, 2.24) is 19.9 Å². The fourth-order valence-electron chi connectivity index (χ4n) is 2.86. The van der Waals surface area contributed by atoms with Crippen molar-refractivity contribution in [3.05, 3.63) is 53.9 Å². The van der Waals surface area contributed by atoms with Crippen LogP contribution in [-0.2, 0) is 16.1 Å². The van der Waals surface area contributed by atoms with Gasteiger partial charge in [-0.05, 0) is 25.5 Å². The van der Waals surface area contributed by atoms with Crippen molar-refractivity contribution < 1.29 is 9.53 Å². The Labute approximate surface area is 141 Å². The van der Waals surface area contributed by atoms with Gasteiger partial charge in [0.05, 0.1) is 24.9 Å². The number of hydrogen-bond acceptors (Lipinski definition) is 4. The van der Waals surface area contributed by atoms with Crippen molar-refractivity contribution >= 4 is 12.0 Å². The van der Waals surface area contributed by atoms with Crippen molar-refractivity contribution in [3.63, 3.8) is 0 Å². The quantitative estimate of drug-likeness (QED) is 0.806. The average Bonchev–Trinajstić information content (AvgIpc) is 3.00. The lowest BCUT2D eigenvalue weighted by atomic mass is 10.2. The Kier molecular flexibility index (Phi) is 5.05. The highest BCUT2D eigenvalue weighted by Crippen LogP contribution is 2.11. The summed E-state index contributed by atoms with van der Waals surface area (Å²) >= 11 is 0. The first-order valence-electron chi connectivity index (χ1n) is 8.16. The van der Waals surface area contributed by atoms with E-state index in [0.717, 1.165) is 5.56 Å². The van der Waals surface area contributed by atoms with Crippen LogP contribution in [0.15, 0.2) is 42.6 Å². The molecule has 6 heteroatoms. The second kappa shape index (κ2) is 7.40. The first-order chi connectivity index (χ1) is 11.6. The summed E-state index contributed by atoms with van der Waals surface area (Å²) in [7, 11) is 0. The Bertz CT molecular complexity index is 701. The highest BCUT2D eigenvalue weighted by atomic mass is 16.5. The van der Waals surface area contributed by atoms with Gasteiger partial charge in [0.15, 0.2) is 0 Å². The molecule has 0 bridgehead atoms. The van der Waals surface area contributed by atoms with E-state index in [4.69, 9.17) is 4.74 Å². The minimum Gasteiger partial charge on any atom is -0.372 e. The Balaban J connectivity index is 1.59. The lowest BCUT2D eigenvalue weighted by molar-refractivity contribution is -0.137. The van der Waals surface area contributed by atoms with Gasteiger partial charge >= 0.3 is 0 Å². The zero-order chi connectivity index (χ0) is 16.9. The minimum atomic E-state index is -0.0189. The van der Waals surface area contributed by atoms with E-state index in [2.05, 4.69) is 10.3 Å². The molecule has 1 saturated heterocycles. The number of amides is 1. The molecule has 24 heavy (non-hydrogen) atoms. The van der Waals surface area contributed by atoms with E-state index >= 15 is 0 Å². The summed E-state index contributed by atoms with van der Waals surface area (Å²) in [5, 5.41) is 8.19. The zero-order valence-corrected chi connectivity index (χ0v) is 14.0. The molecule has 1 aromatic heterocycles. The zero-order valence-electron chi connectivity index (χ0n) is 14.0. The summed E-state index contributed by atoms with van der Waals surface area (Å²) in [5.74, 6) is -0.0189. The summed E-state index contributed by atoms with van der Waals surface area (Å²) in [6, 6.07) is 10.1. The van der Waals surface area contributed by atoms with Crippen LogP contribution < -0.4 is 0 Å². The van der Waals surface area contributed by atoms with Gasteiger partial charge in [-0.2, -0.15) is 0 Å². The van der Waals surface area contributed by atoms with Crippen molar-refractivity contribution in [2.45, 2.75) is 32.6 Å². The number of benzene rings is 1.